The number of nitrogens with zero attached hydrogens (tertiary/aromatic N) is 3. The maximum atomic E-state index is 2.40. The highest BCUT2D eigenvalue weighted by Gasteiger charge is 2.27. The summed E-state index contributed by atoms with van der Waals surface area (Å²) in [5.74, 6) is 0. The van der Waals surface area contributed by atoms with E-state index in [1.807, 2.05) is 11.8 Å². The van der Waals surface area contributed by atoms with E-state index in [0.717, 1.165) is 11.4 Å². The summed E-state index contributed by atoms with van der Waals surface area (Å²) in [5.41, 5.74) is 14.3. The third-order valence-electron chi connectivity index (χ3n) is 8.94. The molecule has 3 heterocycles. The third-order valence-corrected chi connectivity index (χ3v) is 10.0. The number of para-hydroxylation sites is 4. The molecular weight excluding hydrogens is 567 g/mol. The van der Waals surface area contributed by atoms with Crippen molar-refractivity contribution in [3.8, 4) is 0 Å². The molecule has 3 aliphatic heterocycles. The molecule has 0 N–H and O–H groups in total. The van der Waals surface area contributed by atoms with Gasteiger partial charge in [0, 0.05) is 28.2 Å². The molecule has 45 heavy (non-hydrogen) atoms. The minimum atomic E-state index is 1.15. The van der Waals surface area contributed by atoms with Gasteiger partial charge in [-0.2, -0.15) is 0 Å². The molecule has 0 amide bonds. The number of benzene rings is 6. The van der Waals surface area contributed by atoms with Crippen molar-refractivity contribution in [1.29, 1.82) is 0 Å². The SMILES string of the molecule is CN1c2ccc(N3c4ccccc4C=Cc4ccccc43)cc2Sc2cc(N3c4ccccc4C=Cc4ccccc43)ccc21. The zero-order chi connectivity index (χ0) is 29.9. The van der Waals surface area contributed by atoms with Gasteiger partial charge in [0.2, 0.25) is 0 Å². The first kappa shape index (κ1) is 26.0. The van der Waals surface area contributed by atoms with Crippen LogP contribution < -0.4 is 14.7 Å². The normalized spacial score (nSPS) is 13.9. The van der Waals surface area contributed by atoms with Gasteiger partial charge in [-0.1, -0.05) is 109 Å². The number of rotatable bonds is 2. The van der Waals surface area contributed by atoms with Crippen LogP contribution in [0.25, 0.3) is 24.3 Å². The van der Waals surface area contributed by atoms with Crippen LogP contribution in [0, 0.1) is 0 Å². The molecule has 0 atom stereocenters. The summed E-state index contributed by atoms with van der Waals surface area (Å²) in [7, 11) is 2.18. The highest BCUT2D eigenvalue weighted by Crippen LogP contribution is 2.52. The van der Waals surface area contributed by atoms with Gasteiger partial charge in [0.05, 0.1) is 34.1 Å². The highest BCUT2D eigenvalue weighted by molar-refractivity contribution is 7.99. The van der Waals surface area contributed by atoms with Gasteiger partial charge in [-0.15, -0.1) is 0 Å². The Morgan fingerprint density at radius 2 is 0.711 bits per heavy atom. The molecule has 0 radical (unpaired) electrons. The van der Waals surface area contributed by atoms with Crippen LogP contribution in [0.15, 0.2) is 143 Å². The van der Waals surface area contributed by atoms with Crippen LogP contribution in [-0.4, -0.2) is 7.05 Å². The lowest BCUT2D eigenvalue weighted by atomic mass is 10.1. The quantitative estimate of drug-likeness (QED) is 0.197. The molecule has 6 aromatic carbocycles. The van der Waals surface area contributed by atoms with E-state index in [1.165, 1.54) is 66.2 Å². The van der Waals surface area contributed by atoms with E-state index in [2.05, 4.69) is 180 Å². The molecule has 0 saturated heterocycles. The van der Waals surface area contributed by atoms with Gasteiger partial charge in [0.25, 0.3) is 0 Å². The first-order valence-electron chi connectivity index (χ1n) is 15.3. The van der Waals surface area contributed by atoms with Crippen molar-refractivity contribution < 1.29 is 0 Å². The van der Waals surface area contributed by atoms with E-state index >= 15 is 0 Å². The predicted molar refractivity (Wildman–Crippen MR) is 192 cm³/mol. The molecule has 3 nitrogen and oxygen atoms in total. The maximum Gasteiger partial charge on any atom is 0.0551 e. The van der Waals surface area contributed by atoms with Crippen LogP contribution in [-0.2, 0) is 0 Å². The molecule has 3 aliphatic rings. The van der Waals surface area contributed by atoms with E-state index < -0.39 is 0 Å². The average molecular weight is 596 g/mol. The summed E-state index contributed by atoms with van der Waals surface area (Å²) in [6.45, 7) is 0. The molecule has 0 saturated carbocycles. The lowest BCUT2D eigenvalue weighted by Gasteiger charge is -2.33. The topological polar surface area (TPSA) is 9.72 Å². The summed E-state index contributed by atoms with van der Waals surface area (Å²) < 4.78 is 0. The Kier molecular flexibility index (Phi) is 5.97. The monoisotopic (exact) mass is 595 g/mol. The average Bonchev–Trinajstić information content (AvgIpc) is 3.36. The van der Waals surface area contributed by atoms with E-state index in [0.29, 0.717) is 0 Å². The van der Waals surface area contributed by atoms with Crippen LogP contribution in [0.2, 0.25) is 0 Å². The molecule has 0 aromatic heterocycles. The van der Waals surface area contributed by atoms with Gasteiger partial charge in [-0.25, -0.2) is 0 Å². The molecular formula is C41H29N3S. The minimum Gasteiger partial charge on any atom is -0.343 e. The van der Waals surface area contributed by atoms with Gasteiger partial charge in [0.15, 0.2) is 0 Å². The first-order chi connectivity index (χ1) is 22.2. The van der Waals surface area contributed by atoms with Gasteiger partial charge in [-0.3, -0.25) is 0 Å². The number of fused-ring (bicyclic) bond motifs is 6. The first-order valence-corrected chi connectivity index (χ1v) is 16.1. The lowest BCUT2D eigenvalue weighted by molar-refractivity contribution is 1.10. The zero-order valence-electron chi connectivity index (χ0n) is 24.8. The van der Waals surface area contributed by atoms with Crippen molar-refractivity contribution in [1.82, 2.24) is 0 Å². The number of anilines is 8. The summed E-state index contributed by atoms with van der Waals surface area (Å²) in [4.78, 5) is 9.60. The molecule has 214 valence electrons. The van der Waals surface area contributed by atoms with Crippen LogP contribution in [0.5, 0.6) is 0 Å². The summed E-state index contributed by atoms with van der Waals surface area (Å²) in [6, 6.07) is 48.3. The second kappa shape index (κ2) is 10.3. The van der Waals surface area contributed by atoms with Gasteiger partial charge in [-0.05, 0) is 82.9 Å². The second-order valence-electron chi connectivity index (χ2n) is 11.5. The van der Waals surface area contributed by atoms with E-state index in [-0.39, 0.29) is 0 Å². The standard InChI is InChI=1S/C41H29N3S/c1-42-38-24-22-32(43-34-14-6-2-10-28(34)18-19-29-11-3-7-15-35(29)43)26-40(38)45-41-27-33(23-25-39(41)42)44-36-16-8-4-12-30(36)20-21-31-13-5-9-17-37(31)44/h2-27H,1H3. The van der Waals surface area contributed by atoms with Crippen molar-refractivity contribution in [2.24, 2.45) is 0 Å². The third kappa shape index (κ3) is 4.21. The smallest absolute Gasteiger partial charge is 0.0551 e. The van der Waals surface area contributed by atoms with Gasteiger partial charge >= 0.3 is 0 Å². The molecule has 0 fully saturated rings. The summed E-state index contributed by atoms with van der Waals surface area (Å²) in [6.07, 6.45) is 8.89. The summed E-state index contributed by atoms with van der Waals surface area (Å²) >= 11 is 1.85. The van der Waals surface area contributed by atoms with E-state index in [1.54, 1.807) is 0 Å². The van der Waals surface area contributed by atoms with E-state index in [4.69, 9.17) is 0 Å². The lowest BCUT2D eigenvalue weighted by Crippen LogP contribution is -2.17. The largest absolute Gasteiger partial charge is 0.343 e. The van der Waals surface area contributed by atoms with Crippen molar-refractivity contribution in [3.63, 3.8) is 0 Å². The van der Waals surface area contributed by atoms with Crippen molar-refractivity contribution >= 4 is 81.6 Å². The fourth-order valence-corrected chi connectivity index (χ4v) is 7.97. The number of hydrogen-bond donors (Lipinski definition) is 0. The maximum absolute atomic E-state index is 2.40. The Morgan fingerprint density at radius 3 is 1.07 bits per heavy atom. The van der Waals surface area contributed by atoms with Crippen LogP contribution in [0.3, 0.4) is 0 Å². The van der Waals surface area contributed by atoms with Gasteiger partial charge in [0.1, 0.15) is 0 Å². The zero-order valence-corrected chi connectivity index (χ0v) is 25.6. The fraction of sp³-hybridized carbons (Fsp3) is 0.0244. The van der Waals surface area contributed by atoms with Gasteiger partial charge < -0.3 is 14.7 Å². The van der Waals surface area contributed by atoms with Crippen LogP contribution >= 0.6 is 11.8 Å². The van der Waals surface area contributed by atoms with Crippen molar-refractivity contribution in [2.75, 3.05) is 21.7 Å². The number of hydrogen-bond acceptors (Lipinski definition) is 4. The Labute approximate surface area is 268 Å². The highest BCUT2D eigenvalue weighted by atomic mass is 32.2. The van der Waals surface area contributed by atoms with Crippen molar-refractivity contribution in [3.05, 3.63) is 156 Å². The van der Waals surface area contributed by atoms with Crippen molar-refractivity contribution in [2.45, 2.75) is 9.79 Å². The predicted octanol–water partition coefficient (Wildman–Crippen LogP) is 11.8. The molecule has 6 aromatic rings. The Balaban J connectivity index is 1.15. The van der Waals surface area contributed by atoms with Crippen LogP contribution in [0.1, 0.15) is 22.3 Å². The fourth-order valence-electron chi connectivity index (χ4n) is 6.75. The molecule has 9 rings (SSSR count). The molecule has 0 aliphatic carbocycles. The van der Waals surface area contributed by atoms with E-state index in [9.17, 15) is 0 Å². The second-order valence-corrected chi connectivity index (χ2v) is 12.6. The molecule has 0 spiro atoms. The summed E-state index contributed by atoms with van der Waals surface area (Å²) in [5, 5.41) is 0. The molecule has 0 unspecified atom stereocenters. The minimum absolute atomic E-state index is 1.15. The Bertz CT molecular complexity index is 1940. The molecule has 4 heteroatoms. The Morgan fingerprint density at radius 1 is 0.378 bits per heavy atom. The Hall–Kier alpha value is -5.45. The van der Waals surface area contributed by atoms with Crippen LogP contribution in [0.4, 0.5) is 45.5 Å². The molecule has 0 bridgehead atoms.